The molecule has 3 saturated carbocycles. The lowest BCUT2D eigenvalue weighted by Crippen LogP contribution is -2.51. The third-order valence-corrected chi connectivity index (χ3v) is 9.32. The molecule has 28 heavy (non-hydrogen) atoms. The fraction of sp³-hybridized carbons (Fsp3) is 0.630. The third kappa shape index (κ3) is 2.88. The van der Waals surface area contributed by atoms with Crippen LogP contribution in [0, 0.1) is 34.5 Å². The molecule has 0 aliphatic heterocycles. The van der Waals surface area contributed by atoms with Crippen molar-refractivity contribution in [3.63, 3.8) is 0 Å². The first kappa shape index (κ1) is 18.5. The number of hydrogen-bond acceptors (Lipinski definition) is 1. The molecule has 0 bridgehead atoms. The predicted molar refractivity (Wildman–Crippen MR) is 117 cm³/mol. The van der Waals surface area contributed by atoms with Crippen LogP contribution >= 0.6 is 0 Å². The zero-order valence-corrected chi connectivity index (χ0v) is 17.9. The molecule has 0 heterocycles. The van der Waals surface area contributed by atoms with Crippen molar-refractivity contribution < 1.29 is 4.74 Å². The smallest absolute Gasteiger partial charge is 0.118 e. The number of ether oxygens (including phenoxy) is 1. The maximum absolute atomic E-state index is 5.31. The van der Waals surface area contributed by atoms with Crippen molar-refractivity contribution in [3.8, 4) is 5.75 Å². The first-order valence-corrected chi connectivity index (χ1v) is 11.5. The molecule has 0 N–H and O–H groups in total. The van der Waals surface area contributed by atoms with Crippen molar-refractivity contribution in [1.82, 2.24) is 0 Å². The van der Waals surface area contributed by atoms with Gasteiger partial charge in [0.25, 0.3) is 0 Å². The second kappa shape index (κ2) is 6.78. The molecular formula is C27H36O. The molecule has 150 valence electrons. The first-order valence-electron chi connectivity index (χ1n) is 11.5. The van der Waals surface area contributed by atoms with E-state index in [1.54, 1.807) is 7.11 Å². The highest BCUT2D eigenvalue weighted by molar-refractivity contribution is 5.57. The summed E-state index contributed by atoms with van der Waals surface area (Å²) in [5.41, 5.74) is 3.93. The Balaban J connectivity index is 1.42. The highest BCUT2D eigenvalue weighted by atomic mass is 16.5. The third-order valence-electron chi connectivity index (χ3n) is 9.32. The Morgan fingerprint density at radius 3 is 2.57 bits per heavy atom. The fourth-order valence-electron chi connectivity index (χ4n) is 7.81. The van der Waals surface area contributed by atoms with Gasteiger partial charge in [-0.1, -0.05) is 50.6 Å². The minimum absolute atomic E-state index is 0.458. The largest absolute Gasteiger partial charge is 0.497 e. The number of rotatable bonds is 2. The minimum Gasteiger partial charge on any atom is -0.497 e. The van der Waals surface area contributed by atoms with E-state index in [0.29, 0.717) is 10.8 Å². The van der Waals surface area contributed by atoms with Gasteiger partial charge in [-0.2, -0.15) is 0 Å². The van der Waals surface area contributed by atoms with E-state index in [1.165, 1.54) is 62.5 Å². The van der Waals surface area contributed by atoms with Crippen molar-refractivity contribution in [2.45, 2.75) is 65.2 Å². The van der Waals surface area contributed by atoms with Crippen LogP contribution in [0.15, 0.2) is 42.0 Å². The van der Waals surface area contributed by atoms with Crippen molar-refractivity contribution in [2.75, 3.05) is 7.11 Å². The van der Waals surface area contributed by atoms with Gasteiger partial charge < -0.3 is 4.74 Å². The van der Waals surface area contributed by atoms with Gasteiger partial charge in [0.15, 0.2) is 0 Å². The lowest BCUT2D eigenvalue weighted by Gasteiger charge is -2.59. The van der Waals surface area contributed by atoms with E-state index in [-0.39, 0.29) is 0 Å². The molecule has 0 aromatic heterocycles. The predicted octanol–water partition coefficient (Wildman–Crippen LogP) is 7.29. The van der Waals surface area contributed by atoms with Gasteiger partial charge in [0.05, 0.1) is 7.11 Å². The maximum Gasteiger partial charge on any atom is 0.118 e. The Hall–Kier alpha value is -1.50. The number of methoxy groups -OCH3 is 1. The van der Waals surface area contributed by atoms with Crippen molar-refractivity contribution in [2.24, 2.45) is 34.5 Å². The van der Waals surface area contributed by atoms with E-state index in [9.17, 15) is 0 Å². The second-order valence-corrected chi connectivity index (χ2v) is 10.7. The lowest BCUT2D eigenvalue weighted by atomic mass is 9.46. The number of benzene rings is 1. The zero-order chi connectivity index (χ0) is 19.4. The Morgan fingerprint density at radius 2 is 1.79 bits per heavy atom. The van der Waals surface area contributed by atoms with E-state index in [1.807, 2.05) is 0 Å². The highest BCUT2D eigenvalue weighted by Crippen LogP contribution is 2.65. The molecule has 1 heteroatoms. The average Bonchev–Trinajstić information content (AvgIpc) is 3.10. The molecule has 0 spiro atoms. The quantitative estimate of drug-likeness (QED) is 0.526. The Kier molecular flexibility index (Phi) is 4.49. The Morgan fingerprint density at radius 1 is 0.964 bits per heavy atom. The van der Waals surface area contributed by atoms with Crippen molar-refractivity contribution >= 4 is 6.08 Å². The topological polar surface area (TPSA) is 9.23 Å². The molecule has 0 unspecified atom stereocenters. The molecule has 1 nitrogen and oxygen atoms in total. The van der Waals surface area contributed by atoms with Crippen LogP contribution in [0.5, 0.6) is 5.75 Å². The average molecular weight is 377 g/mol. The van der Waals surface area contributed by atoms with Gasteiger partial charge in [-0.15, -0.1) is 0 Å². The van der Waals surface area contributed by atoms with Crippen LogP contribution in [0.3, 0.4) is 0 Å². The summed E-state index contributed by atoms with van der Waals surface area (Å²) in [6.07, 6.45) is 19.0. The summed E-state index contributed by atoms with van der Waals surface area (Å²) in [5.74, 6) is 4.63. The van der Waals surface area contributed by atoms with Crippen LogP contribution in [0.1, 0.15) is 70.8 Å². The molecule has 1 aromatic carbocycles. The number of fused-ring (bicyclic) bond motifs is 5. The zero-order valence-electron chi connectivity index (χ0n) is 17.9. The van der Waals surface area contributed by atoms with Gasteiger partial charge >= 0.3 is 0 Å². The first-order chi connectivity index (χ1) is 13.5. The van der Waals surface area contributed by atoms with Crippen LogP contribution in [0.4, 0.5) is 0 Å². The molecule has 6 atom stereocenters. The molecular weight excluding hydrogens is 340 g/mol. The second-order valence-electron chi connectivity index (χ2n) is 10.7. The van der Waals surface area contributed by atoms with Crippen LogP contribution in [-0.4, -0.2) is 7.11 Å². The molecule has 5 rings (SSSR count). The van der Waals surface area contributed by atoms with Crippen molar-refractivity contribution in [3.05, 3.63) is 47.6 Å². The van der Waals surface area contributed by atoms with Crippen molar-refractivity contribution in [1.29, 1.82) is 0 Å². The summed E-state index contributed by atoms with van der Waals surface area (Å²) in [7, 11) is 1.73. The monoisotopic (exact) mass is 376 g/mol. The lowest BCUT2D eigenvalue weighted by molar-refractivity contribution is -0.0761. The summed E-state index contributed by atoms with van der Waals surface area (Å²) in [5, 5.41) is 0. The fourth-order valence-corrected chi connectivity index (χ4v) is 7.81. The van der Waals surface area contributed by atoms with E-state index < -0.39 is 0 Å². The van der Waals surface area contributed by atoms with E-state index in [0.717, 1.165) is 29.4 Å². The molecule has 4 aliphatic carbocycles. The van der Waals surface area contributed by atoms with Crippen LogP contribution in [0.25, 0.3) is 6.08 Å². The van der Waals surface area contributed by atoms with Gasteiger partial charge in [0.2, 0.25) is 0 Å². The molecule has 4 aliphatic rings. The SMILES string of the molecule is COc1ccc(/C=C2\C=C[C@@H]3CC[C@@H]4[C@@H]5CCC[C@]5(C)CC[C@@H]4[C@@]3(C)C2)cc1. The summed E-state index contributed by atoms with van der Waals surface area (Å²) in [6, 6.07) is 8.51. The number of hydrogen-bond donors (Lipinski definition) is 0. The van der Waals surface area contributed by atoms with Gasteiger partial charge in [0.1, 0.15) is 5.75 Å². The van der Waals surface area contributed by atoms with Gasteiger partial charge in [0, 0.05) is 0 Å². The van der Waals surface area contributed by atoms with E-state index in [4.69, 9.17) is 4.74 Å². The van der Waals surface area contributed by atoms with Crippen LogP contribution in [0.2, 0.25) is 0 Å². The summed E-state index contributed by atoms with van der Waals surface area (Å²) < 4.78 is 5.31. The van der Waals surface area contributed by atoms with E-state index in [2.05, 4.69) is 56.3 Å². The molecule has 0 saturated heterocycles. The summed E-state index contributed by atoms with van der Waals surface area (Å²) in [6.45, 7) is 5.25. The number of allylic oxidation sites excluding steroid dienone is 3. The standard InChI is InChI=1S/C27H36O/c1-26-15-4-5-24(26)23-13-10-21-9-6-20(18-27(21,2)25(23)14-16-26)17-19-7-11-22(28-3)12-8-19/h6-9,11-12,17,21,23-25H,4-5,10,13-16,18H2,1-3H3/b20-17+/t21-,23-,24+,25+,26-,27+/m1/s1. The molecule has 0 radical (unpaired) electrons. The van der Waals surface area contributed by atoms with E-state index >= 15 is 0 Å². The van der Waals surface area contributed by atoms with Crippen LogP contribution < -0.4 is 4.74 Å². The Labute approximate surface area is 171 Å². The summed E-state index contributed by atoms with van der Waals surface area (Å²) >= 11 is 0. The van der Waals surface area contributed by atoms with Gasteiger partial charge in [-0.05, 0) is 103 Å². The molecule has 0 amide bonds. The highest BCUT2D eigenvalue weighted by Gasteiger charge is 2.56. The summed E-state index contributed by atoms with van der Waals surface area (Å²) in [4.78, 5) is 0. The maximum atomic E-state index is 5.31. The van der Waals surface area contributed by atoms with Crippen LogP contribution in [-0.2, 0) is 0 Å². The Bertz CT molecular complexity index is 787. The minimum atomic E-state index is 0.458. The molecule has 3 fully saturated rings. The van der Waals surface area contributed by atoms with Gasteiger partial charge in [-0.25, -0.2) is 0 Å². The van der Waals surface area contributed by atoms with Gasteiger partial charge in [-0.3, -0.25) is 0 Å². The normalized spacial score (nSPS) is 43.3. The molecule has 1 aromatic rings.